The highest BCUT2D eigenvalue weighted by atomic mass is 16.8. The molecule has 0 aromatic heterocycles. The largest absolute Gasteiger partial charge is 0.514 e. The zero-order valence-electron chi connectivity index (χ0n) is 30.2. The van der Waals surface area contributed by atoms with Gasteiger partial charge in [0.05, 0.1) is 11.0 Å². The van der Waals surface area contributed by atoms with Gasteiger partial charge in [-0.1, -0.05) is 6.07 Å². The number of aliphatic hydroxyl groups is 1. The molecule has 1 aromatic carbocycles. The van der Waals surface area contributed by atoms with Crippen molar-refractivity contribution in [2.75, 3.05) is 13.6 Å². The maximum atomic E-state index is 13.9. The second-order valence-electron chi connectivity index (χ2n) is 16.2. The van der Waals surface area contributed by atoms with Crippen LogP contribution < -0.4 is 9.47 Å². The molecule has 1 N–H and O–H groups in total. The van der Waals surface area contributed by atoms with Crippen LogP contribution in [0.25, 0.3) is 0 Å². The first-order valence-corrected chi connectivity index (χ1v) is 16.9. The topological polar surface area (TPSA) is 166 Å². The van der Waals surface area contributed by atoms with Crippen molar-refractivity contribution in [1.82, 2.24) is 4.90 Å². The van der Waals surface area contributed by atoms with Crippen molar-refractivity contribution in [3.63, 3.8) is 0 Å². The fraction of sp³-hybridized carbons (Fsp3) is 0.667. The first kappa shape index (κ1) is 36.1. The van der Waals surface area contributed by atoms with Crippen LogP contribution in [0.3, 0.4) is 0 Å². The maximum absolute atomic E-state index is 13.9. The van der Waals surface area contributed by atoms with E-state index < -0.39 is 76.5 Å². The van der Waals surface area contributed by atoms with Gasteiger partial charge in [0.15, 0.2) is 41.7 Å². The van der Waals surface area contributed by atoms with Gasteiger partial charge in [-0.25, -0.2) is 19.2 Å². The molecule has 6 rings (SSSR count). The molecule has 5 aliphatic rings. The highest BCUT2D eigenvalue weighted by Gasteiger charge is 2.72. The van der Waals surface area contributed by atoms with Crippen molar-refractivity contribution >= 4 is 24.1 Å². The number of piperidine rings is 1. The first-order valence-electron chi connectivity index (χ1n) is 16.9. The summed E-state index contributed by atoms with van der Waals surface area (Å²) in [5, 5.41) is 12.6. The van der Waals surface area contributed by atoms with Crippen LogP contribution >= 0.6 is 0 Å². The second-order valence-corrected chi connectivity index (χ2v) is 16.2. The van der Waals surface area contributed by atoms with Gasteiger partial charge >= 0.3 is 24.1 Å². The van der Waals surface area contributed by atoms with Crippen LogP contribution in [0, 0.1) is 0 Å². The lowest BCUT2D eigenvalue weighted by molar-refractivity contribution is -0.184. The summed E-state index contributed by atoms with van der Waals surface area (Å²) in [4.78, 5) is 54.6. The van der Waals surface area contributed by atoms with Gasteiger partial charge in [0.25, 0.3) is 0 Å². The normalized spacial score (nSPS) is 31.4. The summed E-state index contributed by atoms with van der Waals surface area (Å²) in [5.41, 5.74) is -2.36. The summed E-state index contributed by atoms with van der Waals surface area (Å²) < 4.78 is 45.9. The molecule has 14 nitrogen and oxygen atoms in total. The quantitative estimate of drug-likeness (QED) is 0.260. The molecule has 274 valence electrons. The SMILES string of the molecule is C[C@H](OC(=O)[C@@H]1OC(C)(C)O[C@H]1C(=O)OC1=CC[C@@]2(O)[C@@H]3Cc4ccc(OC(=O)OC(C)(C)C)c5c4[C@@]2(CCN3C)[C@H]1O5)C(=O)OC(C)(C)C. The number of hydrogen-bond acceptors (Lipinski definition) is 14. The number of nitrogens with zero attached hydrogens (tertiary/aromatic N) is 1. The minimum atomic E-state index is -1.57. The van der Waals surface area contributed by atoms with E-state index >= 15 is 0 Å². The molecule has 0 amide bonds. The minimum Gasteiger partial charge on any atom is -0.477 e. The number of benzene rings is 1. The van der Waals surface area contributed by atoms with E-state index in [2.05, 4.69) is 4.90 Å². The average Bonchev–Trinajstić information content (AvgIpc) is 3.50. The fourth-order valence-corrected chi connectivity index (χ4v) is 7.82. The van der Waals surface area contributed by atoms with Gasteiger partial charge in [-0.15, -0.1) is 0 Å². The molecule has 1 spiro atoms. The van der Waals surface area contributed by atoms with E-state index in [0.717, 1.165) is 5.56 Å². The lowest BCUT2D eigenvalue weighted by atomic mass is 9.50. The van der Waals surface area contributed by atoms with Crippen molar-refractivity contribution in [3.8, 4) is 11.5 Å². The fourth-order valence-electron chi connectivity index (χ4n) is 7.82. The van der Waals surface area contributed by atoms with Crippen LogP contribution in [-0.2, 0) is 54.6 Å². The highest BCUT2D eigenvalue weighted by Crippen LogP contribution is 2.65. The monoisotopic (exact) mass is 701 g/mol. The predicted molar refractivity (Wildman–Crippen MR) is 173 cm³/mol. The Morgan fingerprint density at radius 1 is 0.960 bits per heavy atom. The Morgan fingerprint density at radius 2 is 1.60 bits per heavy atom. The van der Waals surface area contributed by atoms with Crippen molar-refractivity contribution in [2.24, 2.45) is 0 Å². The van der Waals surface area contributed by atoms with E-state index in [1.807, 2.05) is 13.1 Å². The van der Waals surface area contributed by atoms with Crippen LogP contribution in [0.4, 0.5) is 4.79 Å². The molecule has 2 fully saturated rings. The lowest BCUT2D eigenvalue weighted by Crippen LogP contribution is -2.74. The standard InChI is InChI=1S/C36H47NO13/c1-18(28(38)49-32(2,3)4)43-29(39)25-26(48-34(8,9)47-25)30(40)44-21-13-14-36(42)22-17-19-11-12-20(45-31(41)50-33(5,6)7)24-23(19)35(36,27(21)46-24)15-16-37(22)10/h11-13,18,22,25-27,42H,14-17H2,1-10H3/t18-,22-,25+,26+,27-,35-,36+/m0/s1. The van der Waals surface area contributed by atoms with Gasteiger partial charge in [-0.2, -0.15) is 0 Å². The Hall–Kier alpha value is -3.72. The zero-order chi connectivity index (χ0) is 36.8. The minimum absolute atomic E-state index is 0.109. The van der Waals surface area contributed by atoms with Gasteiger partial charge in [0.1, 0.15) is 17.0 Å². The summed E-state index contributed by atoms with van der Waals surface area (Å²) in [6.45, 7) is 15.3. The second kappa shape index (κ2) is 11.9. The third-order valence-corrected chi connectivity index (χ3v) is 9.73. The number of likely N-dealkylation sites (N-methyl/N-ethyl adjacent to an activating group) is 1. The van der Waals surface area contributed by atoms with Gasteiger partial charge in [0, 0.05) is 18.0 Å². The molecule has 0 saturated carbocycles. The van der Waals surface area contributed by atoms with E-state index in [4.69, 9.17) is 37.9 Å². The Labute approximate surface area is 291 Å². The number of esters is 3. The van der Waals surface area contributed by atoms with E-state index in [9.17, 15) is 24.3 Å². The Bertz CT molecular complexity index is 1640. The third kappa shape index (κ3) is 6.13. The molecule has 50 heavy (non-hydrogen) atoms. The van der Waals surface area contributed by atoms with E-state index in [0.29, 0.717) is 24.9 Å². The molecule has 3 heterocycles. The highest BCUT2D eigenvalue weighted by molar-refractivity contribution is 5.88. The molecular formula is C36H47NO13. The molecule has 7 atom stereocenters. The molecule has 2 saturated heterocycles. The number of ether oxygens (including phenoxy) is 8. The molecular weight excluding hydrogens is 654 g/mol. The van der Waals surface area contributed by atoms with Crippen molar-refractivity contribution in [1.29, 1.82) is 0 Å². The number of carbonyl (C=O) groups excluding carboxylic acids is 4. The van der Waals surface area contributed by atoms with Crippen LogP contribution in [0.5, 0.6) is 11.5 Å². The molecule has 0 unspecified atom stereocenters. The third-order valence-electron chi connectivity index (χ3n) is 9.73. The Balaban J connectivity index is 1.29. The predicted octanol–water partition coefficient (Wildman–Crippen LogP) is 3.61. The van der Waals surface area contributed by atoms with Crippen LogP contribution in [0.2, 0.25) is 0 Å². The molecule has 2 aliphatic carbocycles. The molecule has 2 bridgehead atoms. The molecule has 14 heteroatoms. The number of likely N-dealkylation sites (tertiary alicyclic amines) is 1. The van der Waals surface area contributed by atoms with Crippen LogP contribution in [-0.4, -0.2) is 101 Å². The van der Waals surface area contributed by atoms with E-state index in [1.165, 1.54) is 20.8 Å². The maximum Gasteiger partial charge on any atom is 0.514 e. The molecule has 0 radical (unpaired) electrons. The van der Waals surface area contributed by atoms with Crippen molar-refractivity contribution in [3.05, 3.63) is 35.1 Å². The summed E-state index contributed by atoms with van der Waals surface area (Å²) in [6, 6.07) is 3.23. The van der Waals surface area contributed by atoms with Crippen LogP contribution in [0.15, 0.2) is 24.0 Å². The van der Waals surface area contributed by atoms with Crippen molar-refractivity contribution < 1.29 is 62.2 Å². The van der Waals surface area contributed by atoms with Crippen LogP contribution in [0.1, 0.15) is 86.3 Å². The first-order chi connectivity index (χ1) is 23.0. The van der Waals surface area contributed by atoms with Crippen molar-refractivity contribution in [2.45, 2.75) is 140 Å². The zero-order valence-corrected chi connectivity index (χ0v) is 30.2. The Morgan fingerprint density at radius 3 is 2.24 bits per heavy atom. The lowest BCUT2D eigenvalue weighted by Gasteiger charge is -2.61. The summed E-state index contributed by atoms with van der Waals surface area (Å²) >= 11 is 0. The Kier molecular flexibility index (Phi) is 8.61. The van der Waals surface area contributed by atoms with Gasteiger partial charge in [0.2, 0.25) is 0 Å². The number of carbonyl (C=O) groups is 4. The molecule has 3 aliphatic heterocycles. The van der Waals surface area contributed by atoms with Gasteiger partial charge in [-0.3, -0.25) is 0 Å². The number of hydrogen-bond donors (Lipinski definition) is 1. The van der Waals surface area contributed by atoms with Gasteiger partial charge < -0.3 is 47.9 Å². The van der Waals surface area contributed by atoms with Gasteiger partial charge in [-0.05, 0) is 106 Å². The van der Waals surface area contributed by atoms with E-state index in [1.54, 1.807) is 53.7 Å². The summed E-state index contributed by atoms with van der Waals surface area (Å²) in [7, 11) is 1.97. The molecule has 1 aromatic rings. The summed E-state index contributed by atoms with van der Waals surface area (Å²) in [6.07, 6.45) is -3.61. The average molecular weight is 702 g/mol. The summed E-state index contributed by atoms with van der Waals surface area (Å²) in [5.74, 6) is -3.62. The smallest absolute Gasteiger partial charge is 0.477 e. The van der Waals surface area contributed by atoms with E-state index in [-0.39, 0.29) is 29.7 Å². The number of rotatable bonds is 6.